The molecule has 3 saturated heterocycles. The highest BCUT2D eigenvalue weighted by Crippen LogP contribution is 2.19. The normalized spacial score (nSPS) is 28.7. The van der Waals surface area contributed by atoms with Gasteiger partial charge in [0.2, 0.25) is 0 Å². The molecule has 1 N–H and O–H groups in total. The molecule has 142 valence electrons. The van der Waals surface area contributed by atoms with Crippen LogP contribution in [-0.2, 0) is 4.74 Å². The molecule has 3 heterocycles. The van der Waals surface area contributed by atoms with E-state index in [1.807, 2.05) is 35.2 Å². The Bertz CT molecular complexity index is 597. The number of rotatable bonds is 4. The number of nitrogens with zero attached hydrogens (tertiary/aromatic N) is 3. The van der Waals surface area contributed by atoms with Crippen LogP contribution in [0.5, 0.6) is 0 Å². The SMILES string of the molecule is C[C@@H]1CNC[C@@H](CN2CC(N3CCN(C(=O)c4ccccc4)CC3)C2)O1. The third-order valence-electron chi connectivity index (χ3n) is 5.77. The Kier molecular flexibility index (Phi) is 5.55. The van der Waals surface area contributed by atoms with Crippen LogP contribution in [0.1, 0.15) is 17.3 Å². The van der Waals surface area contributed by atoms with Crippen molar-refractivity contribution in [1.29, 1.82) is 0 Å². The Morgan fingerprint density at radius 1 is 1.12 bits per heavy atom. The van der Waals surface area contributed by atoms with E-state index in [2.05, 4.69) is 22.0 Å². The minimum absolute atomic E-state index is 0.163. The first-order valence-corrected chi connectivity index (χ1v) is 9.86. The standard InChI is InChI=1S/C20H30N4O2/c1-16-11-21-12-19(26-16)15-22-13-18(14-22)23-7-9-24(10-8-23)20(25)17-5-3-2-4-6-17/h2-6,16,18-19,21H,7-15H2,1H3/t16-,19+/m1/s1. The molecule has 1 amide bonds. The molecule has 4 rings (SSSR count). The van der Waals surface area contributed by atoms with Crippen molar-refractivity contribution < 1.29 is 9.53 Å². The summed E-state index contributed by atoms with van der Waals surface area (Å²) in [4.78, 5) is 19.6. The first kappa shape index (κ1) is 17.9. The number of carbonyl (C=O) groups excluding carboxylic acids is 1. The maximum absolute atomic E-state index is 12.5. The molecule has 26 heavy (non-hydrogen) atoms. The van der Waals surface area contributed by atoms with Crippen molar-refractivity contribution in [3.63, 3.8) is 0 Å². The second-order valence-corrected chi connectivity index (χ2v) is 7.79. The third kappa shape index (κ3) is 4.09. The number of carbonyl (C=O) groups is 1. The molecule has 0 unspecified atom stereocenters. The number of benzene rings is 1. The van der Waals surface area contributed by atoms with E-state index in [0.29, 0.717) is 18.2 Å². The average Bonchev–Trinajstić information content (AvgIpc) is 2.65. The zero-order valence-corrected chi connectivity index (χ0v) is 15.6. The number of hydrogen-bond acceptors (Lipinski definition) is 5. The molecule has 3 aliphatic heterocycles. The predicted octanol–water partition coefficient (Wildman–Crippen LogP) is 0.506. The summed E-state index contributed by atoms with van der Waals surface area (Å²) >= 11 is 0. The first-order valence-electron chi connectivity index (χ1n) is 9.86. The molecule has 0 aliphatic carbocycles. The van der Waals surface area contributed by atoms with Crippen LogP contribution in [0.3, 0.4) is 0 Å². The summed E-state index contributed by atoms with van der Waals surface area (Å²) < 4.78 is 5.99. The number of hydrogen-bond donors (Lipinski definition) is 1. The number of piperazine rings is 1. The highest BCUT2D eigenvalue weighted by molar-refractivity contribution is 5.94. The summed E-state index contributed by atoms with van der Waals surface area (Å²) in [7, 11) is 0. The number of amides is 1. The van der Waals surface area contributed by atoms with E-state index in [0.717, 1.165) is 64.5 Å². The van der Waals surface area contributed by atoms with E-state index in [1.165, 1.54) is 0 Å². The van der Waals surface area contributed by atoms with Crippen molar-refractivity contribution in [2.75, 3.05) is 58.9 Å². The van der Waals surface area contributed by atoms with E-state index in [1.54, 1.807) is 0 Å². The van der Waals surface area contributed by atoms with E-state index in [-0.39, 0.29) is 5.91 Å². The summed E-state index contributed by atoms with van der Waals surface area (Å²) in [6, 6.07) is 10.3. The van der Waals surface area contributed by atoms with Gasteiger partial charge in [0.05, 0.1) is 12.2 Å². The van der Waals surface area contributed by atoms with E-state index in [9.17, 15) is 4.79 Å². The molecular formula is C20H30N4O2. The van der Waals surface area contributed by atoms with Crippen LogP contribution in [0.15, 0.2) is 30.3 Å². The smallest absolute Gasteiger partial charge is 0.253 e. The van der Waals surface area contributed by atoms with Crippen LogP contribution in [0.2, 0.25) is 0 Å². The van der Waals surface area contributed by atoms with Gasteiger partial charge in [-0.25, -0.2) is 0 Å². The summed E-state index contributed by atoms with van der Waals surface area (Å²) in [5.74, 6) is 0.163. The van der Waals surface area contributed by atoms with Gasteiger partial charge in [0.15, 0.2) is 0 Å². The van der Waals surface area contributed by atoms with Gasteiger partial charge < -0.3 is 15.0 Å². The van der Waals surface area contributed by atoms with Gasteiger partial charge in [-0.05, 0) is 19.1 Å². The maximum atomic E-state index is 12.5. The molecule has 0 saturated carbocycles. The van der Waals surface area contributed by atoms with Gasteiger partial charge in [-0.3, -0.25) is 14.6 Å². The highest BCUT2D eigenvalue weighted by atomic mass is 16.5. The Morgan fingerprint density at radius 2 is 1.85 bits per heavy atom. The molecule has 3 fully saturated rings. The highest BCUT2D eigenvalue weighted by Gasteiger charge is 2.35. The molecule has 6 nitrogen and oxygen atoms in total. The van der Waals surface area contributed by atoms with Crippen LogP contribution in [0, 0.1) is 0 Å². The molecule has 0 radical (unpaired) electrons. The lowest BCUT2D eigenvalue weighted by molar-refractivity contribution is -0.0676. The van der Waals surface area contributed by atoms with Crippen molar-refractivity contribution in [1.82, 2.24) is 20.0 Å². The summed E-state index contributed by atoms with van der Waals surface area (Å²) in [6.07, 6.45) is 0.640. The molecule has 1 aromatic rings. The molecule has 3 aliphatic rings. The third-order valence-corrected chi connectivity index (χ3v) is 5.77. The van der Waals surface area contributed by atoms with Gasteiger partial charge in [-0.2, -0.15) is 0 Å². The van der Waals surface area contributed by atoms with Crippen molar-refractivity contribution in [3.8, 4) is 0 Å². The second kappa shape index (κ2) is 8.05. The molecule has 1 aromatic carbocycles. The molecule has 0 spiro atoms. The summed E-state index contributed by atoms with van der Waals surface area (Å²) in [6.45, 7) is 11.0. The minimum atomic E-state index is 0.163. The number of morpholine rings is 1. The molecule has 6 heteroatoms. The Balaban J connectivity index is 1.19. The van der Waals surface area contributed by atoms with Gasteiger partial charge >= 0.3 is 0 Å². The van der Waals surface area contributed by atoms with Crippen LogP contribution in [0.25, 0.3) is 0 Å². The number of ether oxygens (including phenoxy) is 1. The van der Waals surface area contributed by atoms with Crippen molar-refractivity contribution in [3.05, 3.63) is 35.9 Å². The van der Waals surface area contributed by atoms with Crippen LogP contribution >= 0.6 is 0 Å². The van der Waals surface area contributed by atoms with E-state index in [4.69, 9.17) is 4.74 Å². The zero-order chi connectivity index (χ0) is 17.9. The van der Waals surface area contributed by atoms with E-state index < -0.39 is 0 Å². The molecule has 2 atom stereocenters. The fourth-order valence-electron chi connectivity index (χ4n) is 4.24. The Labute approximate surface area is 156 Å². The van der Waals surface area contributed by atoms with Crippen LogP contribution in [-0.4, -0.2) is 97.8 Å². The van der Waals surface area contributed by atoms with Gasteiger partial charge in [-0.15, -0.1) is 0 Å². The average molecular weight is 358 g/mol. The summed E-state index contributed by atoms with van der Waals surface area (Å²) in [5, 5.41) is 3.44. The lowest BCUT2D eigenvalue weighted by Crippen LogP contribution is -2.65. The largest absolute Gasteiger partial charge is 0.371 e. The Morgan fingerprint density at radius 3 is 2.54 bits per heavy atom. The predicted molar refractivity (Wildman–Crippen MR) is 101 cm³/mol. The summed E-state index contributed by atoms with van der Waals surface area (Å²) in [5.41, 5.74) is 0.797. The van der Waals surface area contributed by atoms with Crippen molar-refractivity contribution in [2.45, 2.75) is 25.2 Å². The van der Waals surface area contributed by atoms with Crippen LogP contribution < -0.4 is 5.32 Å². The fourth-order valence-corrected chi connectivity index (χ4v) is 4.24. The number of nitrogens with one attached hydrogen (secondary N) is 1. The minimum Gasteiger partial charge on any atom is -0.371 e. The molecular weight excluding hydrogens is 328 g/mol. The van der Waals surface area contributed by atoms with Crippen molar-refractivity contribution in [2.24, 2.45) is 0 Å². The molecule has 0 aromatic heterocycles. The molecule has 0 bridgehead atoms. The van der Waals surface area contributed by atoms with Gasteiger partial charge in [0, 0.05) is 70.5 Å². The van der Waals surface area contributed by atoms with Crippen molar-refractivity contribution >= 4 is 5.91 Å². The van der Waals surface area contributed by atoms with E-state index >= 15 is 0 Å². The zero-order valence-electron chi connectivity index (χ0n) is 15.6. The first-order chi connectivity index (χ1) is 12.7. The number of likely N-dealkylation sites (tertiary alicyclic amines) is 1. The topological polar surface area (TPSA) is 48.0 Å². The van der Waals surface area contributed by atoms with Gasteiger partial charge in [0.1, 0.15) is 0 Å². The maximum Gasteiger partial charge on any atom is 0.253 e. The lowest BCUT2D eigenvalue weighted by Gasteiger charge is -2.49. The lowest BCUT2D eigenvalue weighted by atomic mass is 10.0. The van der Waals surface area contributed by atoms with Gasteiger partial charge in [0.25, 0.3) is 5.91 Å². The monoisotopic (exact) mass is 358 g/mol. The Hall–Kier alpha value is -1.47. The quantitative estimate of drug-likeness (QED) is 0.850. The van der Waals surface area contributed by atoms with Crippen LogP contribution in [0.4, 0.5) is 0 Å². The van der Waals surface area contributed by atoms with Gasteiger partial charge in [-0.1, -0.05) is 18.2 Å². The fraction of sp³-hybridized carbons (Fsp3) is 0.650. The second-order valence-electron chi connectivity index (χ2n) is 7.79.